The van der Waals surface area contributed by atoms with E-state index >= 15 is 0 Å². The fourth-order valence-electron chi connectivity index (χ4n) is 1.07. The van der Waals surface area contributed by atoms with E-state index in [1.165, 1.54) is 0 Å². The summed E-state index contributed by atoms with van der Waals surface area (Å²) < 4.78 is 14.2. The summed E-state index contributed by atoms with van der Waals surface area (Å²) in [5.74, 6) is -2.53. The van der Waals surface area contributed by atoms with Crippen molar-refractivity contribution in [3.05, 3.63) is 23.4 Å². The van der Waals surface area contributed by atoms with Crippen molar-refractivity contribution in [2.24, 2.45) is 0 Å². The molecule has 1 N–H and O–H groups in total. The van der Waals surface area contributed by atoms with Gasteiger partial charge in [0.05, 0.1) is 19.3 Å². The summed E-state index contributed by atoms with van der Waals surface area (Å²) in [4.78, 5) is 22.1. The molecule has 0 spiro atoms. The van der Waals surface area contributed by atoms with Gasteiger partial charge in [0.2, 0.25) is 11.5 Å². The van der Waals surface area contributed by atoms with E-state index in [-0.39, 0.29) is 24.7 Å². The van der Waals surface area contributed by atoms with Gasteiger partial charge < -0.3 is 19.3 Å². The van der Waals surface area contributed by atoms with Crippen molar-refractivity contribution < 1.29 is 28.9 Å². The standard InChI is InChI=1S/C10H12O6/c1-3-14-7(11)5-6-9(15-4-2)8(12)10(13)16-6/h5,12H,3-4H2,1-2H3/b6-5-. The van der Waals surface area contributed by atoms with E-state index in [9.17, 15) is 14.7 Å². The second kappa shape index (κ2) is 5.20. The Morgan fingerprint density at radius 3 is 2.69 bits per heavy atom. The third-order valence-electron chi connectivity index (χ3n) is 1.66. The van der Waals surface area contributed by atoms with Crippen molar-refractivity contribution >= 4 is 11.9 Å². The van der Waals surface area contributed by atoms with Gasteiger partial charge in [-0.2, -0.15) is 0 Å². The largest absolute Gasteiger partial charge is 0.499 e. The van der Waals surface area contributed by atoms with E-state index in [0.29, 0.717) is 0 Å². The molecule has 88 valence electrons. The van der Waals surface area contributed by atoms with Crippen molar-refractivity contribution in [1.82, 2.24) is 0 Å². The van der Waals surface area contributed by atoms with Crippen LogP contribution in [0.25, 0.3) is 0 Å². The molecule has 0 radical (unpaired) electrons. The molecule has 6 heteroatoms. The number of hydrogen-bond acceptors (Lipinski definition) is 6. The summed E-state index contributed by atoms with van der Waals surface area (Å²) in [6.45, 7) is 3.76. The number of aliphatic hydroxyl groups is 1. The Morgan fingerprint density at radius 1 is 1.44 bits per heavy atom. The first kappa shape index (κ1) is 12.1. The lowest BCUT2D eigenvalue weighted by molar-refractivity contribution is -0.137. The van der Waals surface area contributed by atoms with Crippen LogP contribution < -0.4 is 0 Å². The Morgan fingerprint density at radius 2 is 2.12 bits per heavy atom. The van der Waals surface area contributed by atoms with Gasteiger partial charge in [-0.1, -0.05) is 0 Å². The predicted molar refractivity (Wildman–Crippen MR) is 52.1 cm³/mol. The molecule has 0 fully saturated rings. The molecule has 0 atom stereocenters. The molecule has 0 aromatic carbocycles. The van der Waals surface area contributed by atoms with Crippen LogP contribution in [-0.4, -0.2) is 30.3 Å². The van der Waals surface area contributed by atoms with Crippen LogP contribution in [0.3, 0.4) is 0 Å². The third-order valence-corrected chi connectivity index (χ3v) is 1.66. The summed E-state index contributed by atoms with van der Waals surface area (Å²) in [6, 6.07) is 0. The highest BCUT2D eigenvalue weighted by Gasteiger charge is 2.32. The zero-order chi connectivity index (χ0) is 12.1. The van der Waals surface area contributed by atoms with E-state index < -0.39 is 17.7 Å². The van der Waals surface area contributed by atoms with Crippen molar-refractivity contribution in [1.29, 1.82) is 0 Å². The minimum absolute atomic E-state index is 0.136. The number of carbonyl (C=O) groups is 2. The lowest BCUT2D eigenvalue weighted by Gasteiger charge is -2.04. The number of hydrogen-bond donors (Lipinski definition) is 1. The second-order valence-electron chi connectivity index (χ2n) is 2.76. The summed E-state index contributed by atoms with van der Waals surface area (Å²) in [5, 5.41) is 9.29. The van der Waals surface area contributed by atoms with Gasteiger partial charge in [-0.15, -0.1) is 0 Å². The topological polar surface area (TPSA) is 82.1 Å². The minimum atomic E-state index is -0.945. The maximum Gasteiger partial charge on any atom is 0.383 e. The van der Waals surface area contributed by atoms with E-state index in [4.69, 9.17) is 4.74 Å². The highest BCUT2D eigenvalue weighted by Crippen LogP contribution is 2.25. The van der Waals surface area contributed by atoms with E-state index in [2.05, 4.69) is 9.47 Å². The average molecular weight is 228 g/mol. The van der Waals surface area contributed by atoms with Crippen LogP contribution in [0.2, 0.25) is 0 Å². The van der Waals surface area contributed by atoms with E-state index in [0.717, 1.165) is 6.08 Å². The Kier molecular flexibility index (Phi) is 3.93. The Bertz CT molecular complexity index is 366. The quantitative estimate of drug-likeness (QED) is 0.566. The van der Waals surface area contributed by atoms with Crippen LogP contribution in [0.4, 0.5) is 0 Å². The molecule has 0 aliphatic carbocycles. The van der Waals surface area contributed by atoms with E-state index in [1.54, 1.807) is 13.8 Å². The number of carbonyl (C=O) groups excluding carboxylic acids is 2. The molecule has 0 saturated carbocycles. The molecule has 1 heterocycles. The first-order valence-corrected chi connectivity index (χ1v) is 4.77. The fraction of sp³-hybridized carbons (Fsp3) is 0.400. The number of aliphatic hydroxyl groups excluding tert-OH is 1. The molecular formula is C10H12O6. The highest BCUT2D eigenvalue weighted by atomic mass is 16.6. The molecule has 0 saturated heterocycles. The second-order valence-corrected chi connectivity index (χ2v) is 2.76. The van der Waals surface area contributed by atoms with Crippen LogP contribution in [0.15, 0.2) is 23.4 Å². The number of ether oxygens (including phenoxy) is 3. The van der Waals surface area contributed by atoms with Crippen LogP contribution in [0, 0.1) is 0 Å². The average Bonchev–Trinajstić information content (AvgIpc) is 2.47. The SMILES string of the molecule is CCOC(=O)/C=C1\OC(=O)C(O)=C1OCC. The maximum atomic E-state index is 11.1. The van der Waals surface area contributed by atoms with Crippen LogP contribution in [0.1, 0.15) is 13.8 Å². The summed E-state index contributed by atoms with van der Waals surface area (Å²) in [7, 11) is 0. The highest BCUT2D eigenvalue weighted by molar-refractivity contribution is 5.93. The van der Waals surface area contributed by atoms with Crippen molar-refractivity contribution in [3.8, 4) is 0 Å². The molecule has 0 bridgehead atoms. The van der Waals surface area contributed by atoms with Gasteiger partial charge in [-0.05, 0) is 13.8 Å². The molecule has 1 aliphatic rings. The third kappa shape index (κ3) is 2.53. The fourth-order valence-corrected chi connectivity index (χ4v) is 1.07. The van der Waals surface area contributed by atoms with Crippen LogP contribution >= 0.6 is 0 Å². The van der Waals surface area contributed by atoms with Gasteiger partial charge in [0.25, 0.3) is 0 Å². The van der Waals surface area contributed by atoms with Gasteiger partial charge in [-0.25, -0.2) is 9.59 Å². The predicted octanol–water partition coefficient (Wildman–Crippen LogP) is 0.796. The monoisotopic (exact) mass is 228 g/mol. The molecule has 16 heavy (non-hydrogen) atoms. The van der Waals surface area contributed by atoms with Crippen LogP contribution in [-0.2, 0) is 23.8 Å². The molecule has 0 amide bonds. The van der Waals surface area contributed by atoms with E-state index in [1.807, 2.05) is 0 Å². The zero-order valence-corrected chi connectivity index (χ0v) is 8.98. The Balaban J connectivity index is 2.90. The molecule has 0 unspecified atom stereocenters. The maximum absolute atomic E-state index is 11.1. The summed E-state index contributed by atoms with van der Waals surface area (Å²) in [6.07, 6.45) is 0.954. The number of esters is 2. The lowest BCUT2D eigenvalue weighted by Crippen LogP contribution is -2.03. The number of rotatable bonds is 4. The molecule has 1 rings (SSSR count). The van der Waals surface area contributed by atoms with Crippen molar-refractivity contribution in [3.63, 3.8) is 0 Å². The molecule has 0 aromatic heterocycles. The Hall–Kier alpha value is -1.98. The van der Waals surface area contributed by atoms with Gasteiger partial charge in [-0.3, -0.25) is 0 Å². The smallest absolute Gasteiger partial charge is 0.383 e. The number of cyclic esters (lactones) is 1. The Labute approximate surface area is 92.1 Å². The zero-order valence-electron chi connectivity index (χ0n) is 8.98. The first-order valence-electron chi connectivity index (χ1n) is 4.77. The molecule has 0 aromatic rings. The van der Waals surface area contributed by atoms with Gasteiger partial charge in [0.1, 0.15) is 0 Å². The summed E-state index contributed by atoms with van der Waals surface area (Å²) >= 11 is 0. The van der Waals surface area contributed by atoms with Crippen LogP contribution in [0.5, 0.6) is 0 Å². The normalized spacial score (nSPS) is 17.6. The minimum Gasteiger partial charge on any atom is -0.499 e. The lowest BCUT2D eigenvalue weighted by atomic mass is 10.3. The van der Waals surface area contributed by atoms with Gasteiger partial charge in [0.15, 0.2) is 5.76 Å². The first-order chi connectivity index (χ1) is 7.60. The molecular weight excluding hydrogens is 216 g/mol. The van der Waals surface area contributed by atoms with Gasteiger partial charge in [0, 0.05) is 0 Å². The molecule has 6 nitrogen and oxygen atoms in total. The van der Waals surface area contributed by atoms with Gasteiger partial charge >= 0.3 is 11.9 Å². The molecule has 1 aliphatic heterocycles. The summed E-state index contributed by atoms with van der Waals surface area (Å²) in [5.41, 5.74) is 0. The van der Waals surface area contributed by atoms with Crippen molar-refractivity contribution in [2.45, 2.75) is 13.8 Å². The van der Waals surface area contributed by atoms with Crippen molar-refractivity contribution in [2.75, 3.05) is 13.2 Å².